The quantitative estimate of drug-likeness (QED) is 0.929. The summed E-state index contributed by atoms with van der Waals surface area (Å²) in [5.41, 5.74) is 0.899. The molecular formula is C17H27N5O2. The first-order valence-electron chi connectivity index (χ1n) is 8.60. The second kappa shape index (κ2) is 8.08. The third-order valence-corrected chi connectivity index (χ3v) is 4.11. The minimum atomic E-state index is -0.175. The Bertz CT molecular complexity index is 741. The average Bonchev–Trinajstić information content (AvgIpc) is 3.18. The van der Waals surface area contributed by atoms with Crippen molar-refractivity contribution in [1.29, 1.82) is 0 Å². The number of carbonyl (C=O) groups is 1. The molecule has 1 amide bonds. The van der Waals surface area contributed by atoms with Gasteiger partial charge in [-0.05, 0) is 18.8 Å². The number of rotatable bonds is 3. The summed E-state index contributed by atoms with van der Waals surface area (Å²) in [5.74, 6) is 1.73. The Morgan fingerprint density at radius 3 is 2.54 bits per heavy atom. The number of hydrogen-bond acceptors (Lipinski definition) is 4. The fourth-order valence-corrected chi connectivity index (χ4v) is 2.79. The molecule has 2 aromatic rings. The van der Waals surface area contributed by atoms with Gasteiger partial charge in [0.1, 0.15) is 5.82 Å². The Kier molecular flexibility index (Phi) is 6.11. The first kappa shape index (κ1) is 18.2. The molecule has 1 aliphatic rings. The Balaban J connectivity index is 0.000000198. The molecule has 0 atom stereocenters. The van der Waals surface area contributed by atoms with Gasteiger partial charge >= 0.3 is 0 Å². The van der Waals surface area contributed by atoms with Gasteiger partial charge in [0.05, 0.1) is 6.33 Å². The molecule has 132 valence electrons. The number of aromatic amines is 1. The van der Waals surface area contributed by atoms with E-state index in [9.17, 15) is 9.59 Å². The van der Waals surface area contributed by atoms with Crippen LogP contribution in [0.1, 0.15) is 45.9 Å². The van der Waals surface area contributed by atoms with Crippen LogP contribution in [0.3, 0.4) is 0 Å². The standard InChI is InChI=1S/C10H14N4O.C7H13NO/c1-6(2)4-7-13-8-9(14(7)3)11-5-12-10(8)15;1-2-7(9)8-5-3-4-6-8/h5-6H,4H2,1-3H3,(H,11,12,15);2-6H2,1H3. The number of likely N-dealkylation sites (tertiary alicyclic amines) is 1. The number of H-pyrrole nitrogens is 1. The number of nitrogens with one attached hydrogen (secondary N) is 1. The Morgan fingerprint density at radius 2 is 2.00 bits per heavy atom. The van der Waals surface area contributed by atoms with Crippen molar-refractivity contribution >= 4 is 17.1 Å². The maximum Gasteiger partial charge on any atom is 0.278 e. The van der Waals surface area contributed by atoms with Crippen LogP contribution in [0.25, 0.3) is 11.2 Å². The van der Waals surface area contributed by atoms with Crippen molar-refractivity contribution in [2.45, 2.75) is 46.5 Å². The van der Waals surface area contributed by atoms with E-state index in [0.29, 0.717) is 29.4 Å². The van der Waals surface area contributed by atoms with Crippen LogP contribution in [0.2, 0.25) is 0 Å². The monoisotopic (exact) mass is 333 g/mol. The molecular weight excluding hydrogens is 306 g/mol. The topological polar surface area (TPSA) is 83.9 Å². The van der Waals surface area contributed by atoms with Crippen molar-refractivity contribution in [1.82, 2.24) is 24.4 Å². The second-order valence-corrected chi connectivity index (χ2v) is 6.53. The molecule has 3 rings (SSSR count). The molecule has 0 spiro atoms. The van der Waals surface area contributed by atoms with E-state index in [2.05, 4.69) is 28.8 Å². The molecule has 0 aromatic carbocycles. The Labute approximate surface area is 142 Å². The summed E-state index contributed by atoms with van der Waals surface area (Å²) in [4.78, 5) is 35.3. The fourth-order valence-electron chi connectivity index (χ4n) is 2.79. The second-order valence-electron chi connectivity index (χ2n) is 6.53. The lowest BCUT2D eigenvalue weighted by molar-refractivity contribution is -0.129. The highest BCUT2D eigenvalue weighted by atomic mass is 16.2. The van der Waals surface area contributed by atoms with Crippen LogP contribution < -0.4 is 5.56 Å². The van der Waals surface area contributed by atoms with E-state index in [1.54, 1.807) is 0 Å². The maximum absolute atomic E-state index is 11.5. The van der Waals surface area contributed by atoms with Crippen molar-refractivity contribution in [3.8, 4) is 0 Å². The number of imidazole rings is 1. The van der Waals surface area contributed by atoms with E-state index in [0.717, 1.165) is 25.3 Å². The molecule has 0 radical (unpaired) electrons. The summed E-state index contributed by atoms with van der Waals surface area (Å²) < 4.78 is 1.88. The average molecular weight is 333 g/mol. The number of fused-ring (bicyclic) bond motifs is 1. The lowest BCUT2D eigenvalue weighted by Gasteiger charge is -2.12. The van der Waals surface area contributed by atoms with E-state index in [4.69, 9.17) is 0 Å². The van der Waals surface area contributed by atoms with E-state index >= 15 is 0 Å². The largest absolute Gasteiger partial charge is 0.343 e. The SMILES string of the molecule is CC(C)Cc1nc2c(=O)[nH]cnc2n1C.CCC(=O)N1CCCC1. The number of carbonyl (C=O) groups excluding carboxylic acids is 1. The van der Waals surface area contributed by atoms with E-state index in [-0.39, 0.29) is 5.56 Å². The summed E-state index contributed by atoms with van der Waals surface area (Å²) in [6, 6.07) is 0. The van der Waals surface area contributed by atoms with Gasteiger partial charge in [-0.25, -0.2) is 9.97 Å². The number of amides is 1. The smallest absolute Gasteiger partial charge is 0.278 e. The number of aromatic nitrogens is 4. The van der Waals surface area contributed by atoms with Crippen LogP contribution in [0.15, 0.2) is 11.1 Å². The van der Waals surface area contributed by atoms with Crippen LogP contribution in [0.5, 0.6) is 0 Å². The van der Waals surface area contributed by atoms with Crippen LogP contribution >= 0.6 is 0 Å². The molecule has 0 bridgehead atoms. The molecule has 0 aliphatic carbocycles. The van der Waals surface area contributed by atoms with Crippen molar-refractivity contribution in [3.05, 3.63) is 22.5 Å². The summed E-state index contributed by atoms with van der Waals surface area (Å²) in [7, 11) is 1.89. The minimum Gasteiger partial charge on any atom is -0.343 e. The van der Waals surface area contributed by atoms with Gasteiger partial charge in [0, 0.05) is 33.0 Å². The van der Waals surface area contributed by atoms with Crippen LogP contribution in [-0.2, 0) is 18.3 Å². The molecule has 0 unspecified atom stereocenters. The highest BCUT2D eigenvalue weighted by molar-refractivity contribution is 5.76. The molecule has 1 fully saturated rings. The zero-order valence-electron chi connectivity index (χ0n) is 15.0. The van der Waals surface area contributed by atoms with Gasteiger partial charge in [-0.3, -0.25) is 9.59 Å². The minimum absolute atomic E-state index is 0.175. The van der Waals surface area contributed by atoms with Gasteiger partial charge in [-0.1, -0.05) is 20.8 Å². The van der Waals surface area contributed by atoms with Crippen molar-refractivity contribution < 1.29 is 4.79 Å². The Hall–Kier alpha value is -2.18. The predicted octanol–water partition coefficient (Wildman–Crippen LogP) is 1.87. The molecule has 2 aromatic heterocycles. The normalized spacial score (nSPS) is 14.1. The maximum atomic E-state index is 11.5. The first-order valence-corrected chi connectivity index (χ1v) is 8.60. The van der Waals surface area contributed by atoms with Gasteiger partial charge in [-0.2, -0.15) is 0 Å². The molecule has 1 saturated heterocycles. The molecule has 24 heavy (non-hydrogen) atoms. The summed E-state index contributed by atoms with van der Waals surface area (Å²) in [5, 5.41) is 0. The number of aryl methyl sites for hydroxylation is 1. The number of hydrogen-bond donors (Lipinski definition) is 1. The van der Waals surface area contributed by atoms with Crippen molar-refractivity contribution in [2.24, 2.45) is 13.0 Å². The molecule has 7 nitrogen and oxygen atoms in total. The van der Waals surface area contributed by atoms with Gasteiger partial charge in [0.2, 0.25) is 5.91 Å². The highest BCUT2D eigenvalue weighted by Crippen LogP contribution is 2.11. The zero-order valence-corrected chi connectivity index (χ0v) is 15.0. The van der Waals surface area contributed by atoms with E-state index < -0.39 is 0 Å². The van der Waals surface area contributed by atoms with Gasteiger partial charge < -0.3 is 14.5 Å². The summed E-state index contributed by atoms with van der Waals surface area (Å²) in [6.45, 7) is 8.15. The summed E-state index contributed by atoms with van der Waals surface area (Å²) in [6.07, 6.45) is 5.33. The number of nitrogens with zero attached hydrogens (tertiary/aromatic N) is 4. The summed E-state index contributed by atoms with van der Waals surface area (Å²) >= 11 is 0. The molecule has 1 N–H and O–H groups in total. The van der Waals surface area contributed by atoms with Gasteiger partial charge in [0.25, 0.3) is 5.56 Å². The van der Waals surface area contributed by atoms with Crippen molar-refractivity contribution in [3.63, 3.8) is 0 Å². The van der Waals surface area contributed by atoms with Gasteiger partial charge in [-0.15, -0.1) is 0 Å². The lowest BCUT2D eigenvalue weighted by Crippen LogP contribution is -2.26. The third kappa shape index (κ3) is 4.21. The highest BCUT2D eigenvalue weighted by Gasteiger charge is 2.15. The third-order valence-electron chi connectivity index (χ3n) is 4.11. The molecule has 1 aliphatic heterocycles. The zero-order chi connectivity index (χ0) is 17.7. The van der Waals surface area contributed by atoms with Crippen LogP contribution in [-0.4, -0.2) is 43.4 Å². The fraction of sp³-hybridized carbons (Fsp3) is 0.647. The molecule has 7 heteroatoms. The van der Waals surface area contributed by atoms with Gasteiger partial charge in [0.15, 0.2) is 11.2 Å². The molecule has 3 heterocycles. The lowest BCUT2D eigenvalue weighted by atomic mass is 10.1. The van der Waals surface area contributed by atoms with E-state index in [1.807, 2.05) is 23.4 Å². The predicted molar refractivity (Wildman–Crippen MR) is 93.8 cm³/mol. The van der Waals surface area contributed by atoms with Crippen LogP contribution in [0.4, 0.5) is 0 Å². The van der Waals surface area contributed by atoms with Crippen molar-refractivity contribution in [2.75, 3.05) is 13.1 Å². The van der Waals surface area contributed by atoms with E-state index in [1.165, 1.54) is 19.2 Å². The van der Waals surface area contributed by atoms with Crippen LogP contribution in [0, 0.1) is 5.92 Å². The first-order chi connectivity index (χ1) is 11.4. The molecule has 0 saturated carbocycles. The Morgan fingerprint density at radius 1 is 1.33 bits per heavy atom.